The third-order valence-corrected chi connectivity index (χ3v) is 5.06. The Morgan fingerprint density at radius 1 is 1.25 bits per heavy atom. The second kappa shape index (κ2) is 7.81. The molecule has 0 fully saturated rings. The van der Waals surface area contributed by atoms with Gasteiger partial charge in [-0.15, -0.1) is 0 Å². The van der Waals surface area contributed by atoms with Gasteiger partial charge in [-0.2, -0.15) is 5.10 Å². The number of rotatable bonds is 6. The molecule has 4 rings (SSSR count). The summed E-state index contributed by atoms with van der Waals surface area (Å²) in [5.74, 6) is 0.567. The summed E-state index contributed by atoms with van der Waals surface area (Å²) in [6, 6.07) is 11.5. The zero-order valence-electron chi connectivity index (χ0n) is 15.4. The molecule has 0 saturated carbocycles. The number of fused-ring (bicyclic) bond motifs is 1. The number of nitrogens with one attached hydrogen (secondary N) is 1. The van der Waals surface area contributed by atoms with Crippen LogP contribution in [0.25, 0.3) is 16.7 Å². The fourth-order valence-corrected chi connectivity index (χ4v) is 3.38. The molecule has 0 aliphatic rings. The molecule has 0 aliphatic heterocycles. The van der Waals surface area contributed by atoms with Gasteiger partial charge in [0, 0.05) is 6.07 Å². The van der Waals surface area contributed by atoms with E-state index in [2.05, 4.69) is 25.5 Å². The van der Waals surface area contributed by atoms with Crippen molar-refractivity contribution in [1.29, 1.82) is 0 Å². The number of para-hydroxylation sites is 1. The Kier molecular flexibility index (Phi) is 5.07. The Labute approximate surface area is 165 Å². The smallest absolute Gasteiger partial charge is 0.237 e. The maximum Gasteiger partial charge on any atom is 0.237 e. The molecule has 28 heavy (non-hydrogen) atoms. The van der Waals surface area contributed by atoms with Crippen LogP contribution in [0.5, 0.6) is 0 Å². The van der Waals surface area contributed by atoms with Gasteiger partial charge in [0.15, 0.2) is 5.65 Å². The topological polar surface area (TPSA) is 98.7 Å². The van der Waals surface area contributed by atoms with Crippen molar-refractivity contribution in [3.63, 3.8) is 0 Å². The van der Waals surface area contributed by atoms with E-state index < -0.39 is 0 Å². The van der Waals surface area contributed by atoms with Crippen LogP contribution in [-0.4, -0.2) is 36.6 Å². The number of anilines is 1. The highest BCUT2D eigenvalue weighted by Crippen LogP contribution is 2.26. The van der Waals surface area contributed by atoms with E-state index in [0.29, 0.717) is 16.6 Å². The molecule has 0 aliphatic carbocycles. The Bertz CT molecular complexity index is 1110. The minimum absolute atomic E-state index is 0.181. The monoisotopic (exact) mass is 394 g/mol. The van der Waals surface area contributed by atoms with Crippen LogP contribution in [0.4, 0.5) is 5.88 Å². The van der Waals surface area contributed by atoms with Crippen molar-refractivity contribution in [2.75, 3.05) is 11.1 Å². The van der Waals surface area contributed by atoms with Gasteiger partial charge in [0.2, 0.25) is 11.8 Å². The summed E-state index contributed by atoms with van der Waals surface area (Å²) in [6.07, 6.45) is 3.20. The average molecular weight is 394 g/mol. The predicted molar refractivity (Wildman–Crippen MR) is 107 cm³/mol. The molecular formula is C19H18N6O2S. The standard InChI is InChI=1S/C19H18N6O2S/c1-12(2)15-8-17(27-24-15)23-16(26)10-28-19-14-9-22-25(18(14)20-11-21-19)13-6-4-3-5-7-13/h3-9,11-12H,10H2,1-2H3,(H,23,26). The van der Waals surface area contributed by atoms with Crippen LogP contribution in [-0.2, 0) is 4.79 Å². The zero-order chi connectivity index (χ0) is 19.5. The Hall–Kier alpha value is -3.20. The largest absolute Gasteiger partial charge is 0.338 e. The molecule has 3 heterocycles. The number of thioether (sulfide) groups is 1. The van der Waals surface area contributed by atoms with E-state index in [4.69, 9.17) is 4.52 Å². The molecule has 0 saturated heterocycles. The molecule has 8 nitrogen and oxygen atoms in total. The van der Waals surface area contributed by atoms with Gasteiger partial charge in [-0.05, 0) is 18.1 Å². The van der Waals surface area contributed by atoms with E-state index in [1.807, 2.05) is 44.2 Å². The summed E-state index contributed by atoms with van der Waals surface area (Å²) in [5, 5.41) is 12.6. The number of aromatic nitrogens is 5. The fourth-order valence-electron chi connectivity index (χ4n) is 2.62. The van der Waals surface area contributed by atoms with Gasteiger partial charge >= 0.3 is 0 Å². The maximum atomic E-state index is 12.2. The van der Waals surface area contributed by atoms with E-state index >= 15 is 0 Å². The van der Waals surface area contributed by atoms with E-state index in [1.54, 1.807) is 16.9 Å². The minimum atomic E-state index is -0.196. The second-order valence-corrected chi connectivity index (χ2v) is 7.38. The quantitative estimate of drug-likeness (QED) is 0.393. The van der Waals surface area contributed by atoms with E-state index in [9.17, 15) is 4.79 Å². The number of carbonyl (C=O) groups excluding carboxylic acids is 1. The third kappa shape index (κ3) is 3.74. The number of amides is 1. The normalized spacial score (nSPS) is 11.2. The van der Waals surface area contributed by atoms with Gasteiger partial charge in [0.05, 0.1) is 28.7 Å². The van der Waals surface area contributed by atoms with E-state index in [1.165, 1.54) is 18.1 Å². The summed E-state index contributed by atoms with van der Waals surface area (Å²) in [7, 11) is 0. The van der Waals surface area contributed by atoms with Crippen molar-refractivity contribution < 1.29 is 9.32 Å². The molecule has 1 N–H and O–H groups in total. The molecule has 1 amide bonds. The maximum absolute atomic E-state index is 12.2. The molecule has 4 aromatic rings. The van der Waals surface area contributed by atoms with Crippen molar-refractivity contribution in [3.05, 3.63) is 54.6 Å². The van der Waals surface area contributed by atoms with Gasteiger partial charge in [-0.3, -0.25) is 10.1 Å². The molecule has 3 aromatic heterocycles. The Morgan fingerprint density at radius 2 is 2.07 bits per heavy atom. The molecule has 0 radical (unpaired) electrons. The molecule has 0 spiro atoms. The van der Waals surface area contributed by atoms with Crippen molar-refractivity contribution >= 4 is 34.6 Å². The molecule has 0 bridgehead atoms. The highest BCUT2D eigenvalue weighted by Gasteiger charge is 2.14. The van der Waals surface area contributed by atoms with Gasteiger partial charge in [-0.25, -0.2) is 14.6 Å². The van der Waals surface area contributed by atoms with Crippen molar-refractivity contribution in [2.24, 2.45) is 0 Å². The van der Waals surface area contributed by atoms with Crippen LogP contribution in [0.2, 0.25) is 0 Å². The zero-order valence-corrected chi connectivity index (χ0v) is 16.2. The summed E-state index contributed by atoms with van der Waals surface area (Å²) < 4.78 is 6.89. The first kappa shape index (κ1) is 18.2. The summed E-state index contributed by atoms with van der Waals surface area (Å²) >= 11 is 1.32. The van der Waals surface area contributed by atoms with Gasteiger partial charge in [0.25, 0.3) is 0 Å². The molecule has 142 valence electrons. The molecule has 1 aromatic carbocycles. The number of carbonyl (C=O) groups is 1. The summed E-state index contributed by atoms with van der Waals surface area (Å²) in [6.45, 7) is 4.02. The van der Waals surface area contributed by atoms with E-state index in [0.717, 1.165) is 16.8 Å². The number of benzene rings is 1. The highest BCUT2D eigenvalue weighted by atomic mass is 32.2. The lowest BCUT2D eigenvalue weighted by Crippen LogP contribution is -2.13. The molecule has 0 unspecified atom stereocenters. The van der Waals surface area contributed by atoms with Crippen LogP contribution in [0.3, 0.4) is 0 Å². The average Bonchev–Trinajstić information content (AvgIpc) is 3.34. The van der Waals surface area contributed by atoms with Gasteiger partial charge < -0.3 is 4.52 Å². The Morgan fingerprint density at radius 3 is 2.82 bits per heavy atom. The van der Waals surface area contributed by atoms with Gasteiger partial charge in [-0.1, -0.05) is 49.0 Å². The third-order valence-electron chi connectivity index (χ3n) is 4.05. The van der Waals surface area contributed by atoms with Crippen LogP contribution >= 0.6 is 11.8 Å². The van der Waals surface area contributed by atoms with E-state index in [-0.39, 0.29) is 17.6 Å². The van der Waals surface area contributed by atoms with Crippen molar-refractivity contribution in [2.45, 2.75) is 24.8 Å². The van der Waals surface area contributed by atoms with Crippen molar-refractivity contribution in [1.82, 2.24) is 24.9 Å². The highest BCUT2D eigenvalue weighted by molar-refractivity contribution is 8.00. The predicted octanol–water partition coefficient (Wildman–Crippen LogP) is 3.66. The SMILES string of the molecule is CC(C)c1cc(NC(=O)CSc2ncnc3c2cnn3-c2ccccc2)on1. The van der Waals surface area contributed by atoms with Gasteiger partial charge in [0.1, 0.15) is 11.4 Å². The molecule has 9 heteroatoms. The number of hydrogen-bond donors (Lipinski definition) is 1. The lowest BCUT2D eigenvalue weighted by molar-refractivity contribution is -0.113. The first-order valence-electron chi connectivity index (χ1n) is 8.75. The first-order valence-corrected chi connectivity index (χ1v) is 9.74. The molecule has 0 atom stereocenters. The van der Waals surface area contributed by atoms with Crippen molar-refractivity contribution in [3.8, 4) is 5.69 Å². The molecular weight excluding hydrogens is 376 g/mol. The lowest BCUT2D eigenvalue weighted by atomic mass is 10.1. The number of nitrogens with zero attached hydrogens (tertiary/aromatic N) is 5. The summed E-state index contributed by atoms with van der Waals surface area (Å²) in [5.41, 5.74) is 2.41. The van der Waals surface area contributed by atoms with Crippen LogP contribution in [0.15, 0.2) is 58.5 Å². The van der Waals surface area contributed by atoms with Crippen LogP contribution in [0.1, 0.15) is 25.5 Å². The van der Waals surface area contributed by atoms with Crippen LogP contribution < -0.4 is 5.32 Å². The fraction of sp³-hybridized carbons (Fsp3) is 0.211. The lowest BCUT2D eigenvalue weighted by Gasteiger charge is -2.04. The van der Waals surface area contributed by atoms with Crippen LogP contribution in [0, 0.1) is 0 Å². The summed E-state index contributed by atoms with van der Waals surface area (Å²) in [4.78, 5) is 20.9. The second-order valence-electron chi connectivity index (χ2n) is 6.42. The minimum Gasteiger partial charge on any atom is -0.338 e. The Balaban J connectivity index is 1.47. The first-order chi connectivity index (χ1) is 13.6. The number of hydrogen-bond acceptors (Lipinski definition) is 7.